The number of halogens is 1. The predicted octanol–water partition coefficient (Wildman–Crippen LogP) is 2.77. The summed E-state index contributed by atoms with van der Waals surface area (Å²) in [5, 5.41) is 10.0. The number of aliphatic hydroxyl groups is 1. The predicted molar refractivity (Wildman–Crippen MR) is 73.2 cm³/mol. The lowest BCUT2D eigenvalue weighted by Crippen LogP contribution is -2.38. The average Bonchev–Trinajstić information content (AvgIpc) is 2.38. The molecule has 19 heavy (non-hydrogen) atoms. The van der Waals surface area contributed by atoms with E-state index in [2.05, 4.69) is 23.7 Å². The van der Waals surface area contributed by atoms with Crippen LogP contribution < -0.4 is 0 Å². The van der Waals surface area contributed by atoms with Gasteiger partial charge in [0, 0.05) is 6.54 Å². The Balaban J connectivity index is 1.78. The van der Waals surface area contributed by atoms with Gasteiger partial charge in [0.05, 0.1) is 18.0 Å². The first-order chi connectivity index (χ1) is 8.96. The molecule has 1 aromatic heterocycles. The maximum atomic E-state index is 12.7. The molecule has 3 nitrogen and oxygen atoms in total. The number of nitrogens with zero attached hydrogens (tertiary/aromatic N) is 2. The zero-order valence-electron chi connectivity index (χ0n) is 11.8. The second-order valence-corrected chi connectivity index (χ2v) is 6.21. The van der Waals surface area contributed by atoms with Crippen LogP contribution in [0.4, 0.5) is 4.39 Å². The molecule has 2 rings (SSSR count). The maximum absolute atomic E-state index is 12.7. The van der Waals surface area contributed by atoms with Crippen LogP contribution in [0.15, 0.2) is 18.3 Å². The molecule has 1 aromatic rings. The minimum absolute atomic E-state index is 0.366. The van der Waals surface area contributed by atoms with Crippen molar-refractivity contribution in [3.05, 3.63) is 29.8 Å². The lowest BCUT2D eigenvalue weighted by Gasteiger charge is -2.37. The number of rotatable bonds is 4. The van der Waals surface area contributed by atoms with E-state index in [1.54, 1.807) is 6.07 Å². The smallest absolute Gasteiger partial charge is 0.141 e. The van der Waals surface area contributed by atoms with Crippen molar-refractivity contribution in [3.63, 3.8) is 0 Å². The first-order valence-electron chi connectivity index (χ1n) is 6.98. The van der Waals surface area contributed by atoms with E-state index in [9.17, 15) is 9.50 Å². The molecule has 1 atom stereocenters. The first kappa shape index (κ1) is 14.4. The van der Waals surface area contributed by atoms with Crippen LogP contribution in [0.3, 0.4) is 0 Å². The molecule has 2 heterocycles. The molecular weight excluding hydrogens is 243 g/mol. The highest BCUT2D eigenvalue weighted by Crippen LogP contribution is 2.30. The fraction of sp³-hybridized carbons (Fsp3) is 0.667. The summed E-state index contributed by atoms with van der Waals surface area (Å²) in [6.07, 6.45) is 3.62. The highest BCUT2D eigenvalue weighted by atomic mass is 19.1. The minimum atomic E-state index is -0.601. The Kier molecular flexibility index (Phi) is 4.53. The number of aliphatic hydroxyl groups excluding tert-OH is 1. The number of pyridine rings is 1. The molecular formula is C15H23FN2O. The average molecular weight is 266 g/mol. The van der Waals surface area contributed by atoms with E-state index in [4.69, 9.17) is 0 Å². The molecule has 0 radical (unpaired) electrons. The van der Waals surface area contributed by atoms with Gasteiger partial charge < -0.3 is 10.0 Å². The highest BCUT2D eigenvalue weighted by Gasteiger charge is 2.25. The van der Waals surface area contributed by atoms with Gasteiger partial charge in [-0.05, 0) is 49.9 Å². The zero-order valence-corrected chi connectivity index (χ0v) is 11.8. The van der Waals surface area contributed by atoms with Crippen molar-refractivity contribution >= 4 is 0 Å². The summed E-state index contributed by atoms with van der Waals surface area (Å²) in [6.45, 7) is 7.67. The third kappa shape index (κ3) is 4.25. The lowest BCUT2D eigenvalue weighted by atomic mass is 9.82. The maximum Gasteiger partial charge on any atom is 0.141 e. The van der Waals surface area contributed by atoms with E-state index in [1.807, 2.05) is 0 Å². The van der Waals surface area contributed by atoms with Gasteiger partial charge in [0.15, 0.2) is 0 Å². The molecule has 0 saturated carbocycles. The van der Waals surface area contributed by atoms with Gasteiger partial charge in [-0.1, -0.05) is 13.8 Å². The van der Waals surface area contributed by atoms with Crippen LogP contribution in [-0.4, -0.2) is 34.6 Å². The normalized spacial score (nSPS) is 21.3. The van der Waals surface area contributed by atoms with E-state index < -0.39 is 6.10 Å². The summed E-state index contributed by atoms with van der Waals surface area (Å²) in [5.74, 6) is -0.366. The SMILES string of the molecule is CC1(C)CCN(CCC(O)c2ccc(F)cn2)CC1. The summed E-state index contributed by atoms with van der Waals surface area (Å²) in [7, 11) is 0. The summed E-state index contributed by atoms with van der Waals surface area (Å²) >= 11 is 0. The van der Waals surface area contributed by atoms with E-state index >= 15 is 0 Å². The molecule has 0 spiro atoms. The number of piperidine rings is 1. The Morgan fingerprint density at radius 1 is 1.37 bits per heavy atom. The molecule has 1 fully saturated rings. The van der Waals surface area contributed by atoms with Crippen molar-refractivity contribution in [2.75, 3.05) is 19.6 Å². The van der Waals surface area contributed by atoms with Gasteiger partial charge in [0.2, 0.25) is 0 Å². The van der Waals surface area contributed by atoms with Crippen LogP contribution in [0.5, 0.6) is 0 Å². The highest BCUT2D eigenvalue weighted by molar-refractivity contribution is 5.07. The molecule has 0 bridgehead atoms. The second-order valence-electron chi connectivity index (χ2n) is 6.21. The quantitative estimate of drug-likeness (QED) is 0.910. The molecule has 0 amide bonds. The van der Waals surface area contributed by atoms with Crippen molar-refractivity contribution in [3.8, 4) is 0 Å². The molecule has 1 aliphatic heterocycles. The van der Waals surface area contributed by atoms with Gasteiger partial charge in [0.25, 0.3) is 0 Å². The Morgan fingerprint density at radius 2 is 2.05 bits per heavy atom. The summed E-state index contributed by atoms with van der Waals surface area (Å²) in [6, 6.07) is 2.90. The molecule has 1 N–H and O–H groups in total. The zero-order chi connectivity index (χ0) is 13.9. The molecule has 0 aromatic carbocycles. The first-order valence-corrected chi connectivity index (χ1v) is 6.98. The molecule has 1 saturated heterocycles. The van der Waals surface area contributed by atoms with Crippen LogP contribution in [-0.2, 0) is 0 Å². The number of aromatic nitrogens is 1. The minimum Gasteiger partial charge on any atom is -0.387 e. The fourth-order valence-corrected chi connectivity index (χ4v) is 2.42. The number of hydrogen-bond acceptors (Lipinski definition) is 3. The topological polar surface area (TPSA) is 36.4 Å². The molecule has 106 valence electrons. The lowest BCUT2D eigenvalue weighted by molar-refractivity contribution is 0.0997. The van der Waals surface area contributed by atoms with Gasteiger partial charge >= 0.3 is 0 Å². The van der Waals surface area contributed by atoms with Crippen molar-refractivity contribution in [1.82, 2.24) is 9.88 Å². The van der Waals surface area contributed by atoms with E-state index in [1.165, 1.54) is 18.9 Å². The van der Waals surface area contributed by atoms with Crippen LogP contribution in [0.2, 0.25) is 0 Å². The van der Waals surface area contributed by atoms with Crippen molar-refractivity contribution in [2.24, 2.45) is 5.41 Å². The standard InChI is InChI=1S/C15H23FN2O/c1-15(2)6-9-18(10-7-15)8-5-14(19)13-4-3-12(16)11-17-13/h3-4,11,14,19H,5-10H2,1-2H3. The number of hydrogen-bond donors (Lipinski definition) is 1. The third-order valence-electron chi connectivity index (χ3n) is 4.02. The van der Waals surface area contributed by atoms with Crippen molar-refractivity contribution in [2.45, 2.75) is 39.2 Å². The summed E-state index contributed by atoms with van der Waals surface area (Å²) in [4.78, 5) is 6.31. The Morgan fingerprint density at radius 3 is 2.63 bits per heavy atom. The Bertz CT molecular complexity index is 395. The van der Waals surface area contributed by atoms with Crippen LogP contribution in [0.25, 0.3) is 0 Å². The van der Waals surface area contributed by atoms with Crippen molar-refractivity contribution < 1.29 is 9.50 Å². The molecule has 4 heteroatoms. The number of likely N-dealkylation sites (tertiary alicyclic amines) is 1. The van der Waals surface area contributed by atoms with E-state index in [0.717, 1.165) is 25.8 Å². The van der Waals surface area contributed by atoms with Gasteiger partial charge in [-0.15, -0.1) is 0 Å². The van der Waals surface area contributed by atoms with Gasteiger partial charge in [-0.3, -0.25) is 4.98 Å². The monoisotopic (exact) mass is 266 g/mol. The van der Waals surface area contributed by atoms with Gasteiger partial charge in [-0.2, -0.15) is 0 Å². The molecule has 1 unspecified atom stereocenters. The van der Waals surface area contributed by atoms with Crippen molar-refractivity contribution in [1.29, 1.82) is 0 Å². The third-order valence-corrected chi connectivity index (χ3v) is 4.02. The Hall–Kier alpha value is -1.00. The van der Waals surface area contributed by atoms with Gasteiger partial charge in [0.1, 0.15) is 5.82 Å². The molecule has 1 aliphatic rings. The van der Waals surface area contributed by atoms with Crippen LogP contribution in [0, 0.1) is 11.2 Å². The summed E-state index contributed by atoms with van der Waals surface area (Å²) < 4.78 is 12.7. The van der Waals surface area contributed by atoms with E-state index in [-0.39, 0.29) is 5.82 Å². The Labute approximate surface area is 114 Å². The van der Waals surface area contributed by atoms with Gasteiger partial charge in [-0.25, -0.2) is 4.39 Å². The van der Waals surface area contributed by atoms with E-state index in [0.29, 0.717) is 17.5 Å². The second kappa shape index (κ2) is 5.97. The largest absolute Gasteiger partial charge is 0.387 e. The van der Waals surface area contributed by atoms with Crippen LogP contribution >= 0.6 is 0 Å². The van der Waals surface area contributed by atoms with Crippen LogP contribution in [0.1, 0.15) is 44.9 Å². The summed E-state index contributed by atoms with van der Waals surface area (Å²) in [5.41, 5.74) is 1.01. The molecule has 0 aliphatic carbocycles. The fourth-order valence-electron chi connectivity index (χ4n) is 2.42.